The van der Waals surface area contributed by atoms with Crippen LogP contribution >= 0.6 is 11.8 Å². The number of allylic oxidation sites excluding steroid dienone is 1. The number of hydrogen-bond donors (Lipinski definition) is 2. The van der Waals surface area contributed by atoms with E-state index in [2.05, 4.69) is 26.7 Å². The Morgan fingerprint density at radius 2 is 2.00 bits per heavy atom. The van der Waals surface area contributed by atoms with E-state index in [9.17, 15) is 5.26 Å². The van der Waals surface area contributed by atoms with Gasteiger partial charge in [0, 0.05) is 17.6 Å². The zero-order valence-corrected chi connectivity index (χ0v) is 15.1. The molecule has 2 N–H and O–H groups in total. The normalized spacial score (nSPS) is 18.8. The maximum absolute atomic E-state index is 9.71. The average molecular weight is 361 g/mol. The lowest BCUT2D eigenvalue weighted by atomic mass is 10.1. The number of benzene rings is 1. The van der Waals surface area contributed by atoms with E-state index in [1.807, 2.05) is 35.7 Å². The maximum atomic E-state index is 9.71. The molecule has 0 atom stereocenters. The van der Waals surface area contributed by atoms with Crippen molar-refractivity contribution in [1.82, 2.24) is 15.3 Å². The van der Waals surface area contributed by atoms with Crippen molar-refractivity contribution in [2.24, 2.45) is 0 Å². The molecule has 2 heterocycles. The number of rotatable bonds is 4. The van der Waals surface area contributed by atoms with Crippen molar-refractivity contribution in [3.8, 4) is 6.07 Å². The second-order valence-corrected chi connectivity index (χ2v) is 7.23. The van der Waals surface area contributed by atoms with E-state index in [4.69, 9.17) is 0 Å². The first-order valence-electron chi connectivity index (χ1n) is 8.77. The maximum Gasteiger partial charge on any atom is 0.223 e. The minimum atomic E-state index is 0.439. The molecule has 5 nitrogen and oxygen atoms in total. The Morgan fingerprint density at radius 1 is 1.19 bits per heavy atom. The number of nitriles is 1. The molecule has 0 bridgehead atoms. The van der Waals surface area contributed by atoms with Crippen molar-refractivity contribution < 1.29 is 0 Å². The topological polar surface area (TPSA) is 73.6 Å². The molecule has 0 saturated heterocycles. The van der Waals surface area contributed by atoms with Gasteiger partial charge in [0.25, 0.3) is 0 Å². The largest absolute Gasteiger partial charge is 0.351 e. The molecule has 0 amide bonds. The van der Waals surface area contributed by atoms with E-state index >= 15 is 0 Å². The van der Waals surface area contributed by atoms with Gasteiger partial charge in [-0.15, -0.1) is 0 Å². The Kier molecular flexibility index (Phi) is 4.89. The van der Waals surface area contributed by atoms with Crippen LogP contribution in [0.2, 0.25) is 0 Å². The van der Waals surface area contributed by atoms with Crippen LogP contribution in [-0.4, -0.2) is 16.0 Å². The summed E-state index contributed by atoms with van der Waals surface area (Å²) in [5.41, 5.74) is 3.27. The van der Waals surface area contributed by atoms with Crippen LogP contribution in [0.3, 0.4) is 0 Å². The summed E-state index contributed by atoms with van der Waals surface area (Å²) in [6, 6.07) is 14.6. The smallest absolute Gasteiger partial charge is 0.223 e. The first kappa shape index (κ1) is 16.7. The Bertz CT molecular complexity index is 892. The van der Waals surface area contributed by atoms with Crippen LogP contribution in [0.25, 0.3) is 11.3 Å². The van der Waals surface area contributed by atoms with Crippen LogP contribution < -0.4 is 10.6 Å². The van der Waals surface area contributed by atoms with Gasteiger partial charge >= 0.3 is 0 Å². The standard InChI is InChI=1S/C20H19N5S/c21-12-16(19-24-18(13-26-19)14-6-2-1-3-7-14)17-10-11-22-20(25-17)23-15-8-4-5-9-15/h1-3,6-7,10-11,13,15,24H,4-5,8-9H2,(H,22,23,25)/b19-16-. The third kappa shape index (κ3) is 3.58. The summed E-state index contributed by atoms with van der Waals surface area (Å²) >= 11 is 1.51. The molecule has 0 spiro atoms. The Hall–Kier alpha value is -2.78. The second-order valence-electron chi connectivity index (χ2n) is 6.35. The predicted molar refractivity (Wildman–Crippen MR) is 106 cm³/mol. The van der Waals surface area contributed by atoms with Gasteiger partial charge < -0.3 is 10.6 Å². The van der Waals surface area contributed by atoms with E-state index in [-0.39, 0.29) is 0 Å². The van der Waals surface area contributed by atoms with Crippen molar-refractivity contribution in [1.29, 1.82) is 5.26 Å². The van der Waals surface area contributed by atoms with Gasteiger partial charge in [0.05, 0.1) is 16.4 Å². The molecule has 130 valence electrons. The number of aromatic nitrogens is 2. The molecule has 1 aliphatic carbocycles. The fraction of sp³-hybridized carbons (Fsp3) is 0.250. The number of anilines is 1. The van der Waals surface area contributed by atoms with Crippen molar-refractivity contribution in [3.63, 3.8) is 0 Å². The highest BCUT2D eigenvalue weighted by molar-refractivity contribution is 8.06. The minimum Gasteiger partial charge on any atom is -0.351 e. The molecule has 0 unspecified atom stereocenters. The van der Waals surface area contributed by atoms with Crippen LogP contribution in [0, 0.1) is 11.3 Å². The number of nitrogens with zero attached hydrogens (tertiary/aromatic N) is 3. The van der Waals surface area contributed by atoms with Gasteiger partial charge in [0.1, 0.15) is 11.6 Å². The zero-order chi connectivity index (χ0) is 17.8. The molecule has 6 heteroatoms. The van der Waals surface area contributed by atoms with E-state index in [0.29, 0.717) is 23.3 Å². The third-order valence-corrected chi connectivity index (χ3v) is 5.46. The number of thioether (sulfide) groups is 1. The Balaban J connectivity index is 1.56. The van der Waals surface area contributed by atoms with Crippen LogP contribution in [0.1, 0.15) is 36.9 Å². The zero-order valence-electron chi connectivity index (χ0n) is 14.3. The molecule has 4 rings (SSSR count). The van der Waals surface area contributed by atoms with Gasteiger partial charge in [0.15, 0.2) is 0 Å². The van der Waals surface area contributed by atoms with E-state index < -0.39 is 0 Å². The van der Waals surface area contributed by atoms with Gasteiger partial charge in [-0.25, -0.2) is 9.97 Å². The van der Waals surface area contributed by atoms with Crippen molar-refractivity contribution >= 4 is 29.0 Å². The van der Waals surface area contributed by atoms with Gasteiger partial charge in [-0.3, -0.25) is 0 Å². The highest BCUT2D eigenvalue weighted by Crippen LogP contribution is 2.34. The molecule has 1 aromatic heterocycles. The lowest BCUT2D eigenvalue weighted by Gasteiger charge is -2.12. The summed E-state index contributed by atoms with van der Waals surface area (Å²) in [7, 11) is 0. The summed E-state index contributed by atoms with van der Waals surface area (Å²) in [5, 5.41) is 19.3. The summed E-state index contributed by atoms with van der Waals surface area (Å²) in [4.78, 5) is 8.88. The summed E-state index contributed by atoms with van der Waals surface area (Å²) in [6.45, 7) is 0. The summed E-state index contributed by atoms with van der Waals surface area (Å²) < 4.78 is 0. The number of nitrogens with one attached hydrogen (secondary N) is 2. The lowest BCUT2D eigenvalue weighted by Crippen LogP contribution is -2.17. The quantitative estimate of drug-likeness (QED) is 0.788. The van der Waals surface area contributed by atoms with Gasteiger partial charge in [-0.1, -0.05) is 54.9 Å². The van der Waals surface area contributed by atoms with Crippen LogP contribution in [-0.2, 0) is 0 Å². The molecule has 1 saturated carbocycles. The molecule has 1 fully saturated rings. The predicted octanol–water partition coefficient (Wildman–Crippen LogP) is 4.36. The van der Waals surface area contributed by atoms with Crippen molar-refractivity contribution in [2.45, 2.75) is 31.7 Å². The highest BCUT2D eigenvalue weighted by atomic mass is 32.2. The van der Waals surface area contributed by atoms with Crippen LogP contribution in [0.15, 0.2) is 53.0 Å². The summed E-state index contributed by atoms with van der Waals surface area (Å²) in [6.07, 6.45) is 6.52. The molecule has 2 aromatic rings. The first-order valence-corrected chi connectivity index (χ1v) is 9.65. The Labute approximate surface area is 157 Å². The molecular formula is C20H19N5S. The average Bonchev–Trinajstić information content (AvgIpc) is 3.36. The van der Waals surface area contributed by atoms with Gasteiger partial charge in [-0.2, -0.15) is 5.26 Å². The van der Waals surface area contributed by atoms with Gasteiger partial charge in [-0.05, 0) is 24.5 Å². The second kappa shape index (κ2) is 7.63. The fourth-order valence-electron chi connectivity index (χ4n) is 3.22. The molecule has 0 radical (unpaired) electrons. The SMILES string of the molecule is N#C/C(=C1\NC(c2ccccc2)=CS1)c1ccnc(NC2CCCC2)n1. The minimum absolute atomic E-state index is 0.439. The lowest BCUT2D eigenvalue weighted by molar-refractivity contribution is 0.743. The van der Waals surface area contributed by atoms with Gasteiger partial charge in [0.2, 0.25) is 5.95 Å². The van der Waals surface area contributed by atoms with Crippen molar-refractivity contribution in [2.75, 3.05) is 5.32 Å². The van der Waals surface area contributed by atoms with E-state index in [1.54, 1.807) is 12.3 Å². The Morgan fingerprint density at radius 3 is 2.77 bits per heavy atom. The highest BCUT2D eigenvalue weighted by Gasteiger charge is 2.20. The van der Waals surface area contributed by atoms with Crippen LogP contribution in [0.4, 0.5) is 5.95 Å². The summed E-state index contributed by atoms with van der Waals surface area (Å²) in [5.74, 6) is 0.599. The van der Waals surface area contributed by atoms with E-state index in [0.717, 1.165) is 29.1 Å². The fourth-order valence-corrected chi connectivity index (χ4v) is 4.09. The molecule has 26 heavy (non-hydrogen) atoms. The molecule has 1 aliphatic heterocycles. The molecule has 2 aliphatic rings. The first-order chi connectivity index (χ1) is 12.8. The molecular weight excluding hydrogens is 342 g/mol. The third-order valence-electron chi connectivity index (χ3n) is 4.57. The van der Waals surface area contributed by atoms with Crippen molar-refractivity contribution in [3.05, 3.63) is 64.3 Å². The monoisotopic (exact) mass is 361 g/mol. The number of hydrogen-bond acceptors (Lipinski definition) is 6. The molecule has 1 aromatic carbocycles. The van der Waals surface area contributed by atoms with E-state index in [1.165, 1.54) is 24.6 Å². The van der Waals surface area contributed by atoms with Crippen LogP contribution in [0.5, 0.6) is 0 Å².